The van der Waals surface area contributed by atoms with E-state index < -0.39 is 0 Å². The van der Waals surface area contributed by atoms with E-state index in [0.717, 1.165) is 36.3 Å². The summed E-state index contributed by atoms with van der Waals surface area (Å²) in [5, 5.41) is 13.0. The summed E-state index contributed by atoms with van der Waals surface area (Å²) in [6, 6.07) is 4.12. The van der Waals surface area contributed by atoms with Gasteiger partial charge in [-0.15, -0.1) is 15.3 Å². The first-order valence-electron chi connectivity index (χ1n) is 9.46. The molecule has 1 unspecified atom stereocenters. The maximum Gasteiger partial charge on any atom is 0.178 e. The Bertz CT molecular complexity index is 673. The molecule has 24 heavy (non-hydrogen) atoms. The molecular formula is C18H28N6. The SMILES string of the molecule is Cc1nnc2ccc(N3CCCC(CN4CCCCCC4)C3)nn12. The lowest BCUT2D eigenvalue weighted by Crippen LogP contribution is -2.41. The fraction of sp³-hybridized carbons (Fsp3) is 0.722. The summed E-state index contributed by atoms with van der Waals surface area (Å²) in [6.45, 7) is 8.02. The van der Waals surface area contributed by atoms with Crippen LogP contribution in [0.2, 0.25) is 0 Å². The molecule has 2 fully saturated rings. The molecule has 2 aliphatic heterocycles. The van der Waals surface area contributed by atoms with Gasteiger partial charge >= 0.3 is 0 Å². The van der Waals surface area contributed by atoms with Gasteiger partial charge in [-0.1, -0.05) is 12.8 Å². The van der Waals surface area contributed by atoms with Gasteiger partial charge in [-0.25, -0.2) is 0 Å². The third-order valence-electron chi connectivity index (χ3n) is 5.46. The third-order valence-corrected chi connectivity index (χ3v) is 5.46. The van der Waals surface area contributed by atoms with Crippen LogP contribution in [0.4, 0.5) is 5.82 Å². The number of nitrogens with zero attached hydrogens (tertiary/aromatic N) is 6. The molecule has 2 aromatic heterocycles. The second-order valence-corrected chi connectivity index (χ2v) is 7.38. The van der Waals surface area contributed by atoms with E-state index in [1.807, 2.05) is 17.5 Å². The van der Waals surface area contributed by atoms with E-state index in [4.69, 9.17) is 5.10 Å². The number of aromatic nitrogens is 4. The number of aryl methyl sites for hydroxylation is 1. The van der Waals surface area contributed by atoms with Crippen molar-refractivity contribution in [1.29, 1.82) is 0 Å². The normalized spacial score (nSPS) is 23.5. The van der Waals surface area contributed by atoms with Crippen LogP contribution < -0.4 is 4.90 Å². The molecule has 0 amide bonds. The van der Waals surface area contributed by atoms with Gasteiger partial charge in [-0.05, 0) is 63.7 Å². The highest BCUT2D eigenvalue weighted by Crippen LogP contribution is 2.23. The molecule has 2 aliphatic rings. The first-order valence-corrected chi connectivity index (χ1v) is 9.46. The molecule has 0 aromatic carbocycles. The van der Waals surface area contributed by atoms with E-state index in [1.54, 1.807) is 0 Å². The van der Waals surface area contributed by atoms with Gasteiger partial charge < -0.3 is 9.80 Å². The van der Waals surface area contributed by atoms with Crippen LogP contribution in [0.15, 0.2) is 12.1 Å². The minimum atomic E-state index is 0.761. The summed E-state index contributed by atoms with van der Waals surface area (Å²) in [5.41, 5.74) is 0.828. The van der Waals surface area contributed by atoms with Gasteiger partial charge in [0.25, 0.3) is 0 Å². The molecule has 130 valence electrons. The average molecular weight is 328 g/mol. The third kappa shape index (κ3) is 3.38. The maximum absolute atomic E-state index is 4.76. The van der Waals surface area contributed by atoms with Crippen LogP contribution in [0.25, 0.3) is 5.65 Å². The van der Waals surface area contributed by atoms with Crippen LogP contribution >= 0.6 is 0 Å². The summed E-state index contributed by atoms with van der Waals surface area (Å²) in [7, 11) is 0. The predicted octanol–water partition coefficient (Wildman–Crippen LogP) is 2.53. The van der Waals surface area contributed by atoms with Gasteiger partial charge in [0.2, 0.25) is 0 Å². The van der Waals surface area contributed by atoms with Crippen molar-refractivity contribution in [2.45, 2.75) is 45.4 Å². The van der Waals surface area contributed by atoms with E-state index in [0.29, 0.717) is 0 Å². The van der Waals surface area contributed by atoms with Gasteiger partial charge in [0, 0.05) is 19.6 Å². The zero-order valence-corrected chi connectivity index (χ0v) is 14.7. The molecule has 0 saturated carbocycles. The van der Waals surface area contributed by atoms with Crippen molar-refractivity contribution in [1.82, 2.24) is 24.7 Å². The molecule has 2 saturated heterocycles. The molecule has 4 rings (SSSR count). The number of piperidine rings is 1. The van der Waals surface area contributed by atoms with E-state index >= 15 is 0 Å². The van der Waals surface area contributed by atoms with Gasteiger partial charge in [-0.2, -0.15) is 4.52 Å². The predicted molar refractivity (Wildman–Crippen MR) is 95.4 cm³/mol. The molecule has 0 N–H and O–H groups in total. The lowest BCUT2D eigenvalue weighted by atomic mass is 9.97. The molecule has 2 aromatic rings. The van der Waals surface area contributed by atoms with Crippen molar-refractivity contribution in [3.8, 4) is 0 Å². The Morgan fingerprint density at radius 3 is 2.67 bits per heavy atom. The highest BCUT2D eigenvalue weighted by molar-refractivity contribution is 5.46. The van der Waals surface area contributed by atoms with Gasteiger partial charge in [0.05, 0.1) is 0 Å². The van der Waals surface area contributed by atoms with E-state index in [1.165, 1.54) is 58.2 Å². The van der Waals surface area contributed by atoms with Crippen molar-refractivity contribution in [3.63, 3.8) is 0 Å². The summed E-state index contributed by atoms with van der Waals surface area (Å²) < 4.78 is 1.85. The van der Waals surface area contributed by atoms with E-state index in [2.05, 4.69) is 26.1 Å². The second kappa shape index (κ2) is 7.05. The highest BCUT2D eigenvalue weighted by Gasteiger charge is 2.24. The van der Waals surface area contributed by atoms with Crippen LogP contribution in [-0.2, 0) is 0 Å². The number of anilines is 1. The Labute approximate surface area is 143 Å². The van der Waals surface area contributed by atoms with Crippen molar-refractivity contribution in [3.05, 3.63) is 18.0 Å². The molecule has 6 nitrogen and oxygen atoms in total. The maximum atomic E-state index is 4.76. The fourth-order valence-electron chi connectivity index (χ4n) is 4.16. The van der Waals surface area contributed by atoms with Gasteiger partial charge in [0.1, 0.15) is 5.82 Å². The Kier molecular flexibility index (Phi) is 4.65. The molecule has 0 bridgehead atoms. The minimum absolute atomic E-state index is 0.761. The highest BCUT2D eigenvalue weighted by atomic mass is 15.4. The molecule has 1 atom stereocenters. The van der Waals surface area contributed by atoms with Crippen molar-refractivity contribution >= 4 is 11.5 Å². The zero-order valence-electron chi connectivity index (χ0n) is 14.7. The first-order chi connectivity index (χ1) is 11.8. The minimum Gasteiger partial charge on any atom is -0.355 e. The van der Waals surface area contributed by atoms with Gasteiger partial charge in [-0.3, -0.25) is 0 Å². The monoisotopic (exact) mass is 328 g/mol. The van der Waals surface area contributed by atoms with Crippen molar-refractivity contribution in [2.75, 3.05) is 37.6 Å². The number of hydrogen-bond donors (Lipinski definition) is 0. The van der Waals surface area contributed by atoms with E-state index in [-0.39, 0.29) is 0 Å². The smallest absolute Gasteiger partial charge is 0.178 e. The molecule has 0 spiro atoms. The quantitative estimate of drug-likeness (QED) is 0.866. The zero-order chi connectivity index (χ0) is 16.4. The average Bonchev–Trinajstić information content (AvgIpc) is 2.81. The van der Waals surface area contributed by atoms with Crippen LogP contribution in [0.1, 0.15) is 44.3 Å². The Morgan fingerprint density at radius 1 is 1.00 bits per heavy atom. The Morgan fingerprint density at radius 2 is 1.83 bits per heavy atom. The van der Waals surface area contributed by atoms with Crippen LogP contribution in [0.3, 0.4) is 0 Å². The molecule has 0 radical (unpaired) electrons. The summed E-state index contributed by atoms with van der Waals surface area (Å²) in [6.07, 6.45) is 8.19. The van der Waals surface area contributed by atoms with Gasteiger partial charge in [0.15, 0.2) is 11.5 Å². The lowest BCUT2D eigenvalue weighted by Gasteiger charge is -2.36. The van der Waals surface area contributed by atoms with Crippen LogP contribution in [-0.4, -0.2) is 57.4 Å². The largest absolute Gasteiger partial charge is 0.355 e. The molecule has 4 heterocycles. The summed E-state index contributed by atoms with van der Waals surface area (Å²) in [5.74, 6) is 2.67. The first kappa shape index (κ1) is 15.8. The fourth-order valence-corrected chi connectivity index (χ4v) is 4.16. The topological polar surface area (TPSA) is 49.6 Å². The molecular weight excluding hydrogens is 300 g/mol. The lowest BCUT2D eigenvalue weighted by molar-refractivity contribution is 0.222. The van der Waals surface area contributed by atoms with Crippen molar-refractivity contribution in [2.24, 2.45) is 5.92 Å². The summed E-state index contributed by atoms with van der Waals surface area (Å²) in [4.78, 5) is 5.15. The van der Waals surface area contributed by atoms with Crippen molar-refractivity contribution < 1.29 is 0 Å². The number of likely N-dealkylation sites (tertiary alicyclic amines) is 1. The number of hydrogen-bond acceptors (Lipinski definition) is 5. The van der Waals surface area contributed by atoms with Crippen LogP contribution in [0.5, 0.6) is 0 Å². The summed E-state index contributed by atoms with van der Waals surface area (Å²) >= 11 is 0. The number of fused-ring (bicyclic) bond motifs is 1. The standard InChI is InChI=1S/C18H28N6/c1-15-19-20-17-8-9-18(21-24(15)17)23-12-6-7-16(14-23)13-22-10-4-2-3-5-11-22/h8-9,16H,2-7,10-14H2,1H3. The molecule has 0 aliphatic carbocycles. The molecule has 6 heteroatoms. The second-order valence-electron chi connectivity index (χ2n) is 7.38. The van der Waals surface area contributed by atoms with Crippen LogP contribution in [0, 0.1) is 12.8 Å². The van der Waals surface area contributed by atoms with E-state index in [9.17, 15) is 0 Å². The Balaban J connectivity index is 1.44. The number of rotatable bonds is 3. The Hall–Kier alpha value is -1.69.